The first kappa shape index (κ1) is 30.4. The molecule has 3 aromatic carbocycles. The molecule has 0 aromatic heterocycles. The molecule has 0 bridgehead atoms. The predicted octanol–water partition coefficient (Wildman–Crippen LogP) is 5.00. The summed E-state index contributed by atoms with van der Waals surface area (Å²) >= 11 is 0. The Hall–Kier alpha value is -4.80. The van der Waals surface area contributed by atoms with E-state index in [1.165, 1.54) is 23.6 Å². The number of benzene rings is 3. The van der Waals surface area contributed by atoms with Crippen molar-refractivity contribution in [1.82, 2.24) is 10.6 Å². The van der Waals surface area contributed by atoms with Crippen molar-refractivity contribution >= 4 is 18.0 Å². The lowest BCUT2D eigenvalue weighted by Crippen LogP contribution is -2.47. The molecule has 0 radical (unpaired) electrons. The summed E-state index contributed by atoms with van der Waals surface area (Å²) in [5.41, 5.74) is 2.38. The third-order valence-corrected chi connectivity index (χ3v) is 4.91. The highest BCUT2D eigenvalue weighted by molar-refractivity contribution is 5.87. The molecule has 0 aliphatic heterocycles. The van der Waals surface area contributed by atoms with E-state index in [4.69, 9.17) is 14.6 Å². The van der Waals surface area contributed by atoms with E-state index < -0.39 is 30.2 Å². The van der Waals surface area contributed by atoms with Crippen LogP contribution in [0.25, 0.3) is 0 Å². The average molecular weight is 545 g/mol. The minimum Gasteiger partial charge on any atom is -0.489 e. The normalized spacial score (nSPS) is 11.2. The van der Waals surface area contributed by atoms with Gasteiger partial charge >= 0.3 is 24.1 Å². The number of carboxylic acid groups (broad SMARTS) is 1. The highest BCUT2D eigenvalue weighted by atomic mass is 19.4. The zero-order valence-electron chi connectivity index (χ0n) is 20.7. The summed E-state index contributed by atoms with van der Waals surface area (Å²) in [4.78, 5) is 32.8. The number of carbonyl (C=O) groups excluding carboxylic acids is 2. The number of halogens is 3. The molecule has 8 nitrogen and oxygen atoms in total. The van der Waals surface area contributed by atoms with Crippen molar-refractivity contribution < 1.29 is 42.1 Å². The monoisotopic (exact) mass is 544 g/mol. The molecule has 0 saturated carbocycles. The second kappa shape index (κ2) is 15.5. The van der Waals surface area contributed by atoms with Crippen molar-refractivity contribution in [1.29, 1.82) is 0 Å². The summed E-state index contributed by atoms with van der Waals surface area (Å²) < 4.78 is 47.2. The third-order valence-electron chi connectivity index (χ3n) is 4.91. The molecule has 0 aliphatic rings. The summed E-state index contributed by atoms with van der Waals surface area (Å²) in [6.07, 6.45) is -4.62. The molecule has 39 heavy (non-hydrogen) atoms. The van der Waals surface area contributed by atoms with Crippen molar-refractivity contribution in [2.45, 2.75) is 31.9 Å². The van der Waals surface area contributed by atoms with E-state index in [-0.39, 0.29) is 13.0 Å². The molecule has 0 spiro atoms. The maximum Gasteiger partial charge on any atom is 0.471 e. The Bertz CT molecular complexity index is 1200. The van der Waals surface area contributed by atoms with Crippen LogP contribution in [-0.4, -0.2) is 35.3 Å². The summed E-state index contributed by atoms with van der Waals surface area (Å²) in [6, 6.07) is 23.5. The van der Waals surface area contributed by atoms with E-state index in [1.54, 1.807) is 12.1 Å². The first-order valence-corrected chi connectivity index (χ1v) is 11.5. The van der Waals surface area contributed by atoms with Gasteiger partial charge in [-0.3, -0.25) is 10.1 Å². The van der Waals surface area contributed by atoms with Gasteiger partial charge in [-0.25, -0.2) is 9.59 Å². The fraction of sp³-hybridized carbons (Fsp3) is 0.179. The summed E-state index contributed by atoms with van der Waals surface area (Å²) in [7, 11) is 0. The minimum absolute atomic E-state index is 0.278. The van der Waals surface area contributed by atoms with Gasteiger partial charge in [0.2, 0.25) is 0 Å². The predicted molar refractivity (Wildman–Crippen MR) is 137 cm³/mol. The number of aliphatic carboxylic acids is 1. The fourth-order valence-electron chi connectivity index (χ4n) is 2.99. The topological polar surface area (TPSA) is 114 Å². The molecule has 3 N–H and O–H groups in total. The Morgan fingerprint density at radius 3 is 1.87 bits per heavy atom. The molecule has 3 rings (SSSR count). The van der Waals surface area contributed by atoms with Crippen molar-refractivity contribution in [3.8, 4) is 5.75 Å². The van der Waals surface area contributed by atoms with Gasteiger partial charge < -0.3 is 19.9 Å². The molecule has 11 heteroatoms. The SMILES string of the molecule is C=CNC(=O)OCc1ccccc1.O=C(O)[C@H](Cc1ccc(OCc2ccccc2)cc1)NC(=O)C(F)(F)F. The number of hydrogen-bond donors (Lipinski definition) is 3. The van der Waals surface area contributed by atoms with E-state index in [2.05, 4.69) is 11.9 Å². The van der Waals surface area contributed by atoms with Gasteiger partial charge in [0.15, 0.2) is 0 Å². The van der Waals surface area contributed by atoms with E-state index in [9.17, 15) is 27.6 Å². The fourth-order valence-corrected chi connectivity index (χ4v) is 2.99. The molecule has 206 valence electrons. The number of amides is 2. The molecule has 0 heterocycles. The summed E-state index contributed by atoms with van der Waals surface area (Å²) in [5, 5.41) is 12.8. The Balaban J connectivity index is 0.000000344. The van der Waals surface area contributed by atoms with E-state index >= 15 is 0 Å². The number of hydrogen-bond acceptors (Lipinski definition) is 5. The number of alkyl carbamates (subject to hydrolysis) is 1. The van der Waals surface area contributed by atoms with E-state index in [1.807, 2.05) is 60.7 Å². The number of rotatable bonds is 10. The molecule has 2 amide bonds. The van der Waals surface area contributed by atoms with Gasteiger partial charge in [-0.05, 0) is 35.0 Å². The molecule has 0 fully saturated rings. The van der Waals surface area contributed by atoms with Gasteiger partial charge in [0.1, 0.15) is 25.0 Å². The van der Waals surface area contributed by atoms with Gasteiger partial charge in [0.05, 0.1) is 0 Å². The van der Waals surface area contributed by atoms with Crippen LogP contribution in [0.2, 0.25) is 0 Å². The van der Waals surface area contributed by atoms with Crippen LogP contribution in [0, 0.1) is 0 Å². The van der Waals surface area contributed by atoms with Crippen molar-refractivity contribution in [2.75, 3.05) is 0 Å². The lowest BCUT2D eigenvalue weighted by molar-refractivity contribution is -0.175. The van der Waals surface area contributed by atoms with Crippen LogP contribution in [-0.2, 0) is 34.0 Å². The smallest absolute Gasteiger partial charge is 0.471 e. The Kier molecular flexibility index (Phi) is 12.1. The van der Waals surface area contributed by atoms with Gasteiger partial charge in [0.25, 0.3) is 0 Å². The number of carbonyl (C=O) groups is 3. The van der Waals surface area contributed by atoms with Crippen molar-refractivity contribution in [3.05, 3.63) is 114 Å². The number of carboxylic acids is 1. The first-order chi connectivity index (χ1) is 18.6. The zero-order valence-corrected chi connectivity index (χ0v) is 20.7. The van der Waals surface area contributed by atoms with Gasteiger partial charge in [-0.1, -0.05) is 79.4 Å². The number of ether oxygens (including phenoxy) is 2. The third kappa shape index (κ3) is 11.9. The van der Waals surface area contributed by atoms with Crippen LogP contribution < -0.4 is 15.4 Å². The van der Waals surface area contributed by atoms with Crippen LogP contribution in [0.3, 0.4) is 0 Å². The Morgan fingerprint density at radius 1 is 0.846 bits per heavy atom. The van der Waals surface area contributed by atoms with Gasteiger partial charge in [0, 0.05) is 6.42 Å². The van der Waals surface area contributed by atoms with E-state index in [0.29, 0.717) is 17.9 Å². The number of nitrogens with one attached hydrogen (secondary N) is 2. The van der Waals surface area contributed by atoms with E-state index in [0.717, 1.165) is 11.1 Å². The highest BCUT2D eigenvalue weighted by Gasteiger charge is 2.40. The first-order valence-electron chi connectivity index (χ1n) is 11.5. The molecule has 3 aromatic rings. The van der Waals surface area contributed by atoms with Gasteiger partial charge in [-0.2, -0.15) is 13.2 Å². The minimum atomic E-state index is -5.14. The van der Waals surface area contributed by atoms with Crippen LogP contribution >= 0.6 is 0 Å². The number of alkyl halides is 3. The molecule has 0 aliphatic carbocycles. The molecular formula is C28H27F3N2O6. The quantitative estimate of drug-likeness (QED) is 0.331. The van der Waals surface area contributed by atoms with Crippen LogP contribution in [0.1, 0.15) is 16.7 Å². The largest absolute Gasteiger partial charge is 0.489 e. The summed E-state index contributed by atoms with van der Waals surface area (Å²) in [5.74, 6) is -3.30. The Morgan fingerprint density at radius 2 is 1.38 bits per heavy atom. The zero-order chi connectivity index (χ0) is 28.7. The molecule has 0 unspecified atom stereocenters. The highest BCUT2D eigenvalue weighted by Crippen LogP contribution is 2.17. The standard InChI is InChI=1S/C18H16F3NO4.C10H11NO2/c19-18(20,21)17(25)22-15(16(23)24)10-12-6-8-14(9-7-12)26-11-13-4-2-1-3-5-13;1-2-11-10(12)13-8-9-6-4-3-5-7-9/h1-9,15H,10-11H2,(H,22,25)(H,23,24);2-7H,1,8H2,(H,11,12)/t15-;/m0./s1. The maximum absolute atomic E-state index is 12.3. The molecular weight excluding hydrogens is 517 g/mol. The second-order valence-corrected chi connectivity index (χ2v) is 7.89. The Labute approximate surface area is 223 Å². The van der Waals surface area contributed by atoms with Gasteiger partial charge in [-0.15, -0.1) is 0 Å². The van der Waals surface area contributed by atoms with Crippen LogP contribution in [0.4, 0.5) is 18.0 Å². The molecule has 0 saturated heterocycles. The van der Waals surface area contributed by atoms with Crippen LogP contribution in [0.5, 0.6) is 5.75 Å². The molecule has 1 atom stereocenters. The van der Waals surface area contributed by atoms with Crippen molar-refractivity contribution in [3.63, 3.8) is 0 Å². The van der Waals surface area contributed by atoms with Crippen LogP contribution in [0.15, 0.2) is 97.7 Å². The second-order valence-electron chi connectivity index (χ2n) is 7.89. The summed E-state index contributed by atoms with van der Waals surface area (Å²) in [6.45, 7) is 3.97. The lowest BCUT2D eigenvalue weighted by atomic mass is 10.1. The van der Waals surface area contributed by atoms with Crippen molar-refractivity contribution in [2.24, 2.45) is 0 Å². The lowest BCUT2D eigenvalue weighted by Gasteiger charge is -2.16. The maximum atomic E-state index is 12.3. The average Bonchev–Trinajstić information content (AvgIpc) is 2.92.